The number of hydrogen-bond donors (Lipinski definition) is 7. The first kappa shape index (κ1) is 26.3. The van der Waals surface area contributed by atoms with Gasteiger partial charge in [0.1, 0.15) is 12.1 Å². The zero-order valence-corrected chi connectivity index (χ0v) is 16.7. The zero-order valence-electron chi connectivity index (χ0n) is 16.7. The van der Waals surface area contributed by atoms with E-state index in [4.69, 9.17) is 15.9 Å². The van der Waals surface area contributed by atoms with Crippen LogP contribution in [0.3, 0.4) is 0 Å². The molecule has 166 valence electrons. The van der Waals surface area contributed by atoms with Gasteiger partial charge < -0.3 is 37.0 Å². The number of aliphatic hydroxyl groups excluding tert-OH is 1. The van der Waals surface area contributed by atoms with Crippen molar-refractivity contribution in [2.75, 3.05) is 6.54 Å². The molecule has 0 saturated heterocycles. The number of hydrogen-bond acceptors (Lipinski definition) is 7. The Hall–Kier alpha value is -2.73. The van der Waals surface area contributed by atoms with Gasteiger partial charge in [0.15, 0.2) is 6.04 Å². The van der Waals surface area contributed by atoms with Gasteiger partial charge in [0.2, 0.25) is 17.7 Å². The minimum atomic E-state index is -1.64. The topological polar surface area (TPSA) is 208 Å². The van der Waals surface area contributed by atoms with Crippen LogP contribution in [0.25, 0.3) is 0 Å². The Morgan fingerprint density at radius 2 is 1.45 bits per heavy atom. The first-order valence-electron chi connectivity index (χ1n) is 9.11. The van der Waals surface area contributed by atoms with Gasteiger partial charge in [-0.05, 0) is 25.7 Å². The fraction of sp³-hybridized carbons (Fsp3) is 0.706. The van der Waals surface area contributed by atoms with Crippen molar-refractivity contribution in [1.82, 2.24) is 16.0 Å². The van der Waals surface area contributed by atoms with Crippen LogP contribution in [0.2, 0.25) is 0 Å². The van der Waals surface area contributed by atoms with Crippen molar-refractivity contribution in [2.45, 2.75) is 64.3 Å². The summed E-state index contributed by atoms with van der Waals surface area (Å²) in [5.74, 6) is -5.02. The van der Waals surface area contributed by atoms with Gasteiger partial charge in [-0.3, -0.25) is 19.2 Å². The van der Waals surface area contributed by atoms with Crippen LogP contribution in [0.15, 0.2) is 0 Å². The fourth-order valence-corrected chi connectivity index (χ4v) is 2.41. The molecule has 0 aromatic carbocycles. The predicted molar refractivity (Wildman–Crippen MR) is 100 cm³/mol. The molecule has 0 aliphatic heterocycles. The smallest absolute Gasteiger partial charge is 0.328 e. The van der Waals surface area contributed by atoms with E-state index in [1.165, 1.54) is 0 Å². The summed E-state index contributed by atoms with van der Waals surface area (Å²) in [5, 5.41) is 34.3. The van der Waals surface area contributed by atoms with Gasteiger partial charge in [0.25, 0.3) is 0 Å². The molecule has 0 aliphatic rings. The van der Waals surface area contributed by atoms with Gasteiger partial charge >= 0.3 is 11.9 Å². The van der Waals surface area contributed by atoms with Crippen LogP contribution < -0.4 is 21.7 Å². The highest BCUT2D eigenvalue weighted by atomic mass is 16.4. The number of carbonyl (C=O) groups excluding carboxylic acids is 3. The summed E-state index contributed by atoms with van der Waals surface area (Å²) in [7, 11) is 0. The van der Waals surface area contributed by atoms with Crippen LogP contribution in [0, 0.1) is 5.92 Å². The quantitative estimate of drug-likeness (QED) is 0.172. The second kappa shape index (κ2) is 12.7. The predicted octanol–water partition coefficient (Wildman–Crippen LogP) is -2.22. The summed E-state index contributed by atoms with van der Waals surface area (Å²) < 4.78 is 0. The van der Waals surface area contributed by atoms with Crippen molar-refractivity contribution < 1.29 is 39.3 Å². The van der Waals surface area contributed by atoms with Crippen molar-refractivity contribution >= 4 is 29.7 Å². The minimum absolute atomic E-state index is 0.00162. The van der Waals surface area contributed by atoms with Crippen LogP contribution in [0.4, 0.5) is 0 Å². The third-order valence-corrected chi connectivity index (χ3v) is 3.87. The van der Waals surface area contributed by atoms with E-state index in [0.717, 1.165) is 6.92 Å². The lowest BCUT2D eigenvalue weighted by Gasteiger charge is -2.25. The minimum Gasteiger partial charge on any atom is -0.481 e. The van der Waals surface area contributed by atoms with Gasteiger partial charge in [-0.1, -0.05) is 13.8 Å². The molecule has 12 nitrogen and oxygen atoms in total. The molecule has 0 aliphatic carbocycles. The first-order valence-corrected chi connectivity index (χ1v) is 9.11. The molecule has 0 rings (SSSR count). The Balaban J connectivity index is 5.42. The highest BCUT2D eigenvalue weighted by Crippen LogP contribution is 2.07. The summed E-state index contributed by atoms with van der Waals surface area (Å²) in [6, 6.07) is -4.04. The zero-order chi connectivity index (χ0) is 22.7. The molecule has 29 heavy (non-hydrogen) atoms. The number of aliphatic hydroxyl groups is 1. The van der Waals surface area contributed by atoms with E-state index < -0.39 is 60.3 Å². The Bertz CT molecular complexity index is 608. The van der Waals surface area contributed by atoms with Crippen molar-refractivity contribution in [3.8, 4) is 0 Å². The molecule has 0 saturated carbocycles. The lowest BCUT2D eigenvalue weighted by Crippen LogP contribution is -2.57. The summed E-state index contributed by atoms with van der Waals surface area (Å²) >= 11 is 0. The molecule has 4 atom stereocenters. The molecule has 0 heterocycles. The number of nitrogens with one attached hydrogen (secondary N) is 3. The summed E-state index contributed by atoms with van der Waals surface area (Å²) in [6.45, 7) is 4.43. The Morgan fingerprint density at radius 1 is 0.897 bits per heavy atom. The van der Waals surface area contributed by atoms with E-state index in [-0.39, 0.29) is 25.3 Å². The Labute approximate surface area is 168 Å². The fourth-order valence-electron chi connectivity index (χ4n) is 2.41. The molecular formula is C17H30N4O8. The molecule has 8 N–H and O–H groups in total. The van der Waals surface area contributed by atoms with Crippen molar-refractivity contribution in [1.29, 1.82) is 0 Å². The van der Waals surface area contributed by atoms with Crippen LogP contribution in [-0.4, -0.2) is 75.8 Å². The van der Waals surface area contributed by atoms with Crippen molar-refractivity contribution in [3.05, 3.63) is 0 Å². The third-order valence-electron chi connectivity index (χ3n) is 3.87. The van der Waals surface area contributed by atoms with Gasteiger partial charge in [-0.25, -0.2) is 4.79 Å². The second-order valence-corrected chi connectivity index (χ2v) is 7.01. The second-order valence-electron chi connectivity index (χ2n) is 7.01. The summed E-state index contributed by atoms with van der Waals surface area (Å²) in [6.07, 6.45) is -1.99. The van der Waals surface area contributed by atoms with Crippen molar-refractivity contribution in [3.63, 3.8) is 0 Å². The van der Waals surface area contributed by atoms with Gasteiger partial charge in [-0.15, -0.1) is 0 Å². The number of aliphatic carboxylic acids is 2. The van der Waals surface area contributed by atoms with E-state index in [0.29, 0.717) is 0 Å². The van der Waals surface area contributed by atoms with Gasteiger partial charge in [0.05, 0.1) is 12.6 Å². The van der Waals surface area contributed by atoms with Crippen LogP contribution >= 0.6 is 0 Å². The Kier molecular flexibility index (Phi) is 11.5. The number of carbonyl (C=O) groups is 5. The third kappa shape index (κ3) is 10.4. The first-order chi connectivity index (χ1) is 13.4. The standard InChI is InChI=1S/C17H30N4O8/c1-8(2)6-11(19-12(23)7-18)16(27)20-10(4-5-13(24)25)15(26)21-14(9(3)22)17(28)29/h8-11,14,22H,4-7,18H2,1-3H3,(H,19,23)(H,20,27)(H,21,26)(H,24,25)(H,28,29)/t9-,10+,11+,14+/m1/s1. The van der Waals surface area contributed by atoms with E-state index in [9.17, 15) is 29.1 Å². The largest absolute Gasteiger partial charge is 0.481 e. The van der Waals surface area contributed by atoms with E-state index in [1.807, 2.05) is 13.8 Å². The molecule has 0 bridgehead atoms. The number of rotatable bonds is 13. The highest BCUT2D eigenvalue weighted by molar-refractivity contribution is 5.93. The average molecular weight is 418 g/mol. The molecule has 0 aromatic heterocycles. The summed E-state index contributed by atoms with van der Waals surface area (Å²) in [5.41, 5.74) is 5.24. The number of nitrogens with two attached hydrogens (primary N) is 1. The molecule has 3 amide bonds. The maximum Gasteiger partial charge on any atom is 0.328 e. The molecule has 0 aromatic rings. The van der Waals surface area contributed by atoms with Crippen LogP contribution in [0.5, 0.6) is 0 Å². The SMILES string of the molecule is CC(C)C[C@H](NC(=O)CN)C(=O)N[C@@H](CCC(=O)O)C(=O)N[C@H](C(=O)O)[C@@H](C)O. The van der Waals surface area contributed by atoms with E-state index in [1.54, 1.807) is 0 Å². The van der Waals surface area contributed by atoms with Crippen LogP contribution in [0.1, 0.15) is 40.0 Å². The molecule has 0 spiro atoms. The lowest BCUT2D eigenvalue weighted by atomic mass is 10.0. The maximum atomic E-state index is 12.6. The summed E-state index contributed by atoms with van der Waals surface area (Å²) in [4.78, 5) is 58.6. The Morgan fingerprint density at radius 3 is 1.86 bits per heavy atom. The molecule has 0 unspecified atom stereocenters. The normalized spacial score (nSPS) is 15.0. The average Bonchev–Trinajstić information content (AvgIpc) is 2.60. The highest BCUT2D eigenvalue weighted by Gasteiger charge is 2.31. The van der Waals surface area contributed by atoms with E-state index in [2.05, 4.69) is 16.0 Å². The maximum absolute atomic E-state index is 12.6. The van der Waals surface area contributed by atoms with E-state index >= 15 is 0 Å². The molecule has 0 fully saturated rings. The molecule has 12 heteroatoms. The van der Waals surface area contributed by atoms with Gasteiger partial charge in [0, 0.05) is 6.42 Å². The molecule has 0 radical (unpaired) electrons. The number of carboxylic acid groups (broad SMARTS) is 2. The van der Waals surface area contributed by atoms with Crippen LogP contribution in [-0.2, 0) is 24.0 Å². The van der Waals surface area contributed by atoms with Crippen molar-refractivity contribution in [2.24, 2.45) is 11.7 Å². The molecular weight excluding hydrogens is 388 g/mol. The number of amides is 3. The monoisotopic (exact) mass is 418 g/mol. The van der Waals surface area contributed by atoms with Gasteiger partial charge in [-0.2, -0.15) is 0 Å². The lowest BCUT2D eigenvalue weighted by molar-refractivity contribution is -0.145. The number of carboxylic acids is 2.